The lowest BCUT2D eigenvalue weighted by Crippen LogP contribution is -2.13. The number of nitrogens with one attached hydrogen (secondary N) is 1. The first-order valence-electron chi connectivity index (χ1n) is 6.95. The summed E-state index contributed by atoms with van der Waals surface area (Å²) < 4.78 is 18.8. The van der Waals surface area contributed by atoms with E-state index in [-0.39, 0.29) is 5.02 Å². The number of halogens is 2. The van der Waals surface area contributed by atoms with Crippen molar-refractivity contribution in [3.8, 4) is 11.3 Å². The molecular weight excluding hydrogens is 277 g/mol. The Hall–Kier alpha value is -1.32. The topological polar surface area (TPSA) is 25.2 Å². The Morgan fingerprint density at radius 3 is 2.80 bits per heavy atom. The quantitative estimate of drug-likeness (QED) is 0.726. The van der Waals surface area contributed by atoms with Gasteiger partial charge >= 0.3 is 0 Å². The summed E-state index contributed by atoms with van der Waals surface area (Å²) in [5.74, 6) is 1.16. The van der Waals surface area contributed by atoms with Gasteiger partial charge in [0, 0.05) is 5.56 Å². The average molecular weight is 296 g/mol. The summed E-state index contributed by atoms with van der Waals surface area (Å²) in [5, 5.41) is 3.45. The normalized spacial score (nSPS) is 10.9. The third-order valence-corrected chi connectivity index (χ3v) is 3.41. The highest BCUT2D eigenvalue weighted by molar-refractivity contribution is 6.31. The second-order valence-electron chi connectivity index (χ2n) is 4.78. The molecule has 0 fully saturated rings. The fourth-order valence-electron chi connectivity index (χ4n) is 1.99. The number of benzene rings is 1. The molecule has 1 N–H and O–H groups in total. The van der Waals surface area contributed by atoms with Crippen LogP contribution in [0, 0.1) is 5.82 Å². The maximum atomic E-state index is 13.1. The van der Waals surface area contributed by atoms with Crippen LogP contribution in [0.5, 0.6) is 0 Å². The Morgan fingerprint density at radius 2 is 2.05 bits per heavy atom. The lowest BCUT2D eigenvalue weighted by atomic mass is 10.2. The smallest absolute Gasteiger partial charge is 0.141 e. The van der Waals surface area contributed by atoms with Gasteiger partial charge in [0.1, 0.15) is 17.3 Å². The van der Waals surface area contributed by atoms with E-state index in [0.717, 1.165) is 17.9 Å². The zero-order chi connectivity index (χ0) is 14.4. The predicted molar refractivity (Wildman–Crippen MR) is 80.3 cm³/mol. The standard InChI is InChI=1S/C16H19ClFNO/c1-2-3-4-9-19-11-13-6-8-16(20-13)12-5-7-15(18)14(17)10-12/h5-8,10,19H,2-4,9,11H2,1H3. The van der Waals surface area contributed by atoms with Crippen molar-refractivity contribution in [3.05, 3.63) is 46.9 Å². The summed E-state index contributed by atoms with van der Waals surface area (Å²) in [5.41, 5.74) is 0.786. The Kier molecular flexibility index (Phi) is 5.62. The van der Waals surface area contributed by atoms with Gasteiger partial charge in [-0.25, -0.2) is 4.39 Å². The van der Waals surface area contributed by atoms with Gasteiger partial charge in [0.15, 0.2) is 0 Å². The van der Waals surface area contributed by atoms with Crippen molar-refractivity contribution in [3.63, 3.8) is 0 Å². The molecule has 0 aliphatic rings. The van der Waals surface area contributed by atoms with E-state index in [1.165, 1.54) is 25.3 Å². The molecule has 20 heavy (non-hydrogen) atoms. The first-order chi connectivity index (χ1) is 9.70. The van der Waals surface area contributed by atoms with Crippen molar-refractivity contribution >= 4 is 11.6 Å². The molecule has 0 aliphatic carbocycles. The lowest BCUT2D eigenvalue weighted by molar-refractivity contribution is 0.488. The van der Waals surface area contributed by atoms with Crippen molar-refractivity contribution in [1.29, 1.82) is 0 Å². The third-order valence-electron chi connectivity index (χ3n) is 3.12. The van der Waals surface area contributed by atoms with Crippen LogP contribution in [0.2, 0.25) is 5.02 Å². The zero-order valence-corrected chi connectivity index (χ0v) is 12.3. The second-order valence-corrected chi connectivity index (χ2v) is 5.19. The number of rotatable bonds is 7. The summed E-state index contributed by atoms with van der Waals surface area (Å²) in [6.45, 7) is 3.89. The summed E-state index contributed by atoms with van der Waals surface area (Å²) in [6, 6.07) is 8.40. The van der Waals surface area contributed by atoms with Crippen LogP contribution in [0.15, 0.2) is 34.7 Å². The highest BCUT2D eigenvalue weighted by Gasteiger charge is 2.07. The minimum atomic E-state index is -0.417. The molecule has 2 aromatic rings. The maximum absolute atomic E-state index is 13.1. The van der Waals surface area contributed by atoms with E-state index in [1.807, 2.05) is 12.1 Å². The van der Waals surface area contributed by atoms with Crippen LogP contribution in [-0.4, -0.2) is 6.54 Å². The largest absolute Gasteiger partial charge is 0.460 e. The van der Waals surface area contributed by atoms with E-state index in [2.05, 4.69) is 12.2 Å². The van der Waals surface area contributed by atoms with Crippen LogP contribution in [0.3, 0.4) is 0 Å². The fraction of sp³-hybridized carbons (Fsp3) is 0.375. The van der Waals surface area contributed by atoms with Crippen LogP contribution >= 0.6 is 11.6 Å². The van der Waals surface area contributed by atoms with E-state index >= 15 is 0 Å². The Morgan fingerprint density at radius 1 is 1.20 bits per heavy atom. The Labute approximate surface area is 123 Å². The Balaban J connectivity index is 1.93. The van der Waals surface area contributed by atoms with Crippen LogP contribution in [-0.2, 0) is 6.54 Å². The van der Waals surface area contributed by atoms with Crippen molar-refractivity contribution in [2.75, 3.05) is 6.54 Å². The van der Waals surface area contributed by atoms with Crippen LogP contribution in [0.4, 0.5) is 4.39 Å². The monoisotopic (exact) mass is 295 g/mol. The van der Waals surface area contributed by atoms with Crippen molar-refractivity contribution in [1.82, 2.24) is 5.32 Å². The highest BCUT2D eigenvalue weighted by atomic mass is 35.5. The van der Waals surface area contributed by atoms with Gasteiger partial charge in [-0.2, -0.15) is 0 Å². The predicted octanol–water partition coefficient (Wildman–Crippen LogP) is 5.02. The summed E-state index contributed by atoms with van der Waals surface area (Å²) >= 11 is 5.77. The van der Waals surface area contributed by atoms with Gasteiger partial charge in [0.05, 0.1) is 11.6 Å². The molecule has 4 heteroatoms. The van der Waals surface area contributed by atoms with Gasteiger partial charge in [-0.1, -0.05) is 31.4 Å². The second kappa shape index (κ2) is 7.46. The molecule has 0 atom stereocenters. The van der Waals surface area contributed by atoms with E-state index in [9.17, 15) is 4.39 Å². The van der Waals surface area contributed by atoms with Gasteiger partial charge in [-0.15, -0.1) is 0 Å². The minimum Gasteiger partial charge on any atom is -0.460 e. The van der Waals surface area contributed by atoms with E-state index in [4.69, 9.17) is 16.0 Å². The van der Waals surface area contributed by atoms with Crippen molar-refractivity contribution < 1.29 is 8.81 Å². The van der Waals surface area contributed by atoms with Crippen LogP contribution < -0.4 is 5.32 Å². The molecule has 1 heterocycles. The number of furan rings is 1. The van der Waals surface area contributed by atoms with Crippen LogP contribution in [0.25, 0.3) is 11.3 Å². The maximum Gasteiger partial charge on any atom is 0.141 e. The zero-order valence-electron chi connectivity index (χ0n) is 11.6. The summed E-state index contributed by atoms with van der Waals surface area (Å²) in [6.07, 6.45) is 3.64. The third kappa shape index (κ3) is 4.09. The lowest BCUT2D eigenvalue weighted by Gasteiger charge is -2.02. The van der Waals surface area contributed by atoms with Gasteiger partial charge < -0.3 is 9.73 Å². The molecule has 0 saturated carbocycles. The van der Waals surface area contributed by atoms with E-state index in [1.54, 1.807) is 12.1 Å². The molecule has 2 nitrogen and oxygen atoms in total. The van der Waals surface area contributed by atoms with Crippen LogP contribution in [0.1, 0.15) is 31.9 Å². The SMILES string of the molecule is CCCCCNCc1ccc(-c2ccc(F)c(Cl)c2)o1. The molecule has 0 amide bonds. The summed E-state index contributed by atoms with van der Waals surface area (Å²) in [4.78, 5) is 0. The molecule has 0 aliphatic heterocycles. The molecule has 0 spiro atoms. The molecule has 2 rings (SSSR count). The number of hydrogen-bond acceptors (Lipinski definition) is 2. The highest BCUT2D eigenvalue weighted by Crippen LogP contribution is 2.26. The number of hydrogen-bond donors (Lipinski definition) is 1. The first-order valence-corrected chi connectivity index (χ1v) is 7.33. The van der Waals surface area contributed by atoms with Crippen molar-refractivity contribution in [2.45, 2.75) is 32.7 Å². The molecule has 0 saturated heterocycles. The molecule has 1 aromatic heterocycles. The Bertz CT molecular complexity index is 553. The molecule has 0 unspecified atom stereocenters. The summed E-state index contributed by atoms with van der Waals surface area (Å²) in [7, 11) is 0. The van der Waals surface area contributed by atoms with Gasteiger partial charge in [0.25, 0.3) is 0 Å². The van der Waals surface area contributed by atoms with Gasteiger partial charge in [0.2, 0.25) is 0 Å². The molecule has 0 radical (unpaired) electrons. The first kappa shape index (κ1) is 15.1. The molecule has 0 bridgehead atoms. The van der Waals surface area contributed by atoms with Crippen molar-refractivity contribution in [2.24, 2.45) is 0 Å². The average Bonchev–Trinajstić information content (AvgIpc) is 2.90. The fourth-order valence-corrected chi connectivity index (χ4v) is 2.17. The molecule has 1 aromatic carbocycles. The van der Waals surface area contributed by atoms with Gasteiger partial charge in [-0.05, 0) is 43.3 Å². The van der Waals surface area contributed by atoms with E-state index < -0.39 is 5.82 Å². The van der Waals surface area contributed by atoms with E-state index in [0.29, 0.717) is 12.3 Å². The molecular formula is C16H19ClFNO. The minimum absolute atomic E-state index is 0.109. The number of unbranched alkanes of at least 4 members (excludes halogenated alkanes) is 2. The molecule has 108 valence electrons. The van der Waals surface area contributed by atoms with Gasteiger partial charge in [-0.3, -0.25) is 0 Å².